The van der Waals surface area contributed by atoms with Crippen molar-refractivity contribution in [3.8, 4) is 0 Å². The first kappa shape index (κ1) is 11.4. The Bertz CT molecular complexity index is 494. The molecule has 2 rings (SSSR count). The molecule has 0 unspecified atom stereocenters. The molecule has 1 aromatic carbocycles. The van der Waals surface area contributed by atoms with Crippen molar-refractivity contribution in [1.82, 2.24) is 0 Å². The molecule has 2 N–H and O–H groups in total. The van der Waals surface area contributed by atoms with E-state index < -0.39 is 11.8 Å². The molecule has 0 aromatic heterocycles. The van der Waals surface area contributed by atoms with Crippen molar-refractivity contribution in [3.05, 3.63) is 40.1 Å². The van der Waals surface area contributed by atoms with Crippen LogP contribution in [0.4, 0.5) is 0 Å². The van der Waals surface area contributed by atoms with Crippen molar-refractivity contribution in [2.24, 2.45) is 0 Å². The molecule has 1 aliphatic rings. The fourth-order valence-electron chi connectivity index (χ4n) is 1.32. The molecule has 1 heterocycles. The van der Waals surface area contributed by atoms with E-state index in [1.807, 2.05) is 0 Å². The Balaban J connectivity index is 2.46. The van der Waals surface area contributed by atoms with Crippen LogP contribution < -0.4 is 0 Å². The van der Waals surface area contributed by atoms with Crippen LogP contribution in [0.25, 0.3) is 5.57 Å². The second-order valence-electron chi connectivity index (χ2n) is 3.24. The van der Waals surface area contributed by atoms with E-state index in [1.54, 1.807) is 0 Å². The summed E-state index contributed by atoms with van der Waals surface area (Å²) >= 11 is 11.5. The Morgan fingerprint density at radius 2 is 1.88 bits per heavy atom. The van der Waals surface area contributed by atoms with Gasteiger partial charge in [0.15, 0.2) is 0 Å². The lowest BCUT2D eigenvalue weighted by molar-refractivity contribution is -0.178. The highest BCUT2D eigenvalue weighted by Crippen LogP contribution is 2.34. The molecular weight excluding hydrogens is 255 g/mol. The van der Waals surface area contributed by atoms with E-state index >= 15 is 0 Å². The maximum atomic E-state index is 11.0. The fourth-order valence-corrected chi connectivity index (χ4v) is 1.62. The van der Waals surface area contributed by atoms with Gasteiger partial charge < -0.3 is 14.9 Å². The van der Waals surface area contributed by atoms with Crippen LogP contribution in [0.15, 0.2) is 24.5 Å². The number of benzene rings is 1. The van der Waals surface area contributed by atoms with E-state index in [0.29, 0.717) is 10.6 Å². The summed E-state index contributed by atoms with van der Waals surface area (Å²) in [5, 5.41) is 19.5. The molecule has 0 saturated heterocycles. The van der Waals surface area contributed by atoms with Crippen LogP contribution in [0.1, 0.15) is 5.56 Å². The Labute approximate surface area is 101 Å². The topological polar surface area (TPSA) is 66.8 Å². The highest BCUT2D eigenvalue weighted by molar-refractivity contribution is 6.42. The van der Waals surface area contributed by atoms with Gasteiger partial charge in [-0.25, -0.2) is 4.79 Å². The predicted octanol–water partition coefficient (Wildman–Crippen LogP) is 1.57. The number of carbonyl (C=O) groups excluding carboxylic acids is 1. The minimum Gasteiger partial charge on any atom is -0.430 e. The molecule has 1 aromatic rings. The maximum Gasteiger partial charge on any atom is 0.376 e. The number of aliphatic hydroxyl groups is 2. The monoisotopic (exact) mass is 260 g/mol. The molecule has 0 atom stereocenters. The van der Waals surface area contributed by atoms with Crippen LogP contribution in [0, 0.1) is 0 Å². The summed E-state index contributed by atoms with van der Waals surface area (Å²) in [7, 11) is 0. The third-order valence-electron chi connectivity index (χ3n) is 2.17. The molecule has 0 radical (unpaired) electrons. The van der Waals surface area contributed by atoms with E-state index in [9.17, 15) is 15.0 Å². The van der Waals surface area contributed by atoms with Gasteiger partial charge in [0, 0.05) is 0 Å². The van der Waals surface area contributed by atoms with Gasteiger partial charge in [-0.1, -0.05) is 29.3 Å². The van der Waals surface area contributed by atoms with E-state index in [4.69, 9.17) is 23.2 Å². The average Bonchev–Trinajstić information content (AvgIpc) is 2.47. The number of hydrogen-bond acceptors (Lipinski definition) is 4. The van der Waals surface area contributed by atoms with E-state index in [2.05, 4.69) is 4.74 Å². The van der Waals surface area contributed by atoms with Gasteiger partial charge >= 0.3 is 5.97 Å². The molecule has 1 aliphatic heterocycles. The summed E-state index contributed by atoms with van der Waals surface area (Å²) < 4.78 is 4.43. The second-order valence-corrected chi connectivity index (χ2v) is 4.05. The van der Waals surface area contributed by atoms with Gasteiger partial charge in [-0.3, -0.25) is 0 Å². The molecule has 16 heavy (non-hydrogen) atoms. The first-order chi connectivity index (χ1) is 7.43. The fraction of sp³-hybridized carbons (Fsp3) is 0.100. The predicted molar refractivity (Wildman–Crippen MR) is 57.7 cm³/mol. The highest BCUT2D eigenvalue weighted by Gasteiger charge is 2.45. The van der Waals surface area contributed by atoms with E-state index in [0.717, 1.165) is 6.26 Å². The minimum absolute atomic E-state index is 0.0731. The summed E-state index contributed by atoms with van der Waals surface area (Å²) in [5.74, 6) is -3.79. The smallest absolute Gasteiger partial charge is 0.376 e. The van der Waals surface area contributed by atoms with Crippen molar-refractivity contribution in [3.63, 3.8) is 0 Å². The van der Waals surface area contributed by atoms with Crippen LogP contribution in [-0.2, 0) is 9.53 Å². The Morgan fingerprint density at radius 3 is 2.38 bits per heavy atom. The lowest BCUT2D eigenvalue weighted by atomic mass is 10.0. The number of carbonyl (C=O) groups is 1. The van der Waals surface area contributed by atoms with Gasteiger partial charge in [0.2, 0.25) is 0 Å². The van der Waals surface area contributed by atoms with E-state index in [-0.39, 0.29) is 10.6 Å². The number of esters is 1. The van der Waals surface area contributed by atoms with Crippen LogP contribution >= 0.6 is 23.2 Å². The Kier molecular flexibility index (Phi) is 2.67. The Hall–Kier alpha value is -1.07. The number of hydrogen-bond donors (Lipinski definition) is 2. The average molecular weight is 261 g/mol. The zero-order valence-electron chi connectivity index (χ0n) is 7.78. The largest absolute Gasteiger partial charge is 0.430 e. The molecular formula is C10H6Cl2O4. The molecule has 0 amide bonds. The van der Waals surface area contributed by atoms with Crippen LogP contribution in [-0.4, -0.2) is 22.0 Å². The third-order valence-corrected chi connectivity index (χ3v) is 2.91. The van der Waals surface area contributed by atoms with Gasteiger partial charge in [0.1, 0.15) is 6.26 Å². The molecule has 0 aliphatic carbocycles. The summed E-state index contributed by atoms with van der Waals surface area (Å²) in [5.41, 5.74) is 0.279. The molecule has 0 bridgehead atoms. The number of halogens is 2. The molecule has 0 spiro atoms. The van der Waals surface area contributed by atoms with Gasteiger partial charge in [-0.05, 0) is 17.7 Å². The quantitative estimate of drug-likeness (QED) is 0.594. The van der Waals surface area contributed by atoms with Crippen molar-refractivity contribution in [2.45, 2.75) is 5.79 Å². The zero-order valence-corrected chi connectivity index (χ0v) is 9.29. The number of ether oxygens (including phenoxy) is 1. The lowest BCUT2D eigenvalue weighted by Gasteiger charge is -2.14. The zero-order chi connectivity index (χ0) is 11.9. The summed E-state index contributed by atoms with van der Waals surface area (Å²) in [6.45, 7) is 0. The molecule has 0 saturated carbocycles. The molecule has 6 heteroatoms. The summed E-state index contributed by atoms with van der Waals surface area (Å²) in [6, 6.07) is 4.40. The van der Waals surface area contributed by atoms with Crippen LogP contribution in [0.3, 0.4) is 0 Å². The van der Waals surface area contributed by atoms with Gasteiger partial charge in [0.05, 0.1) is 15.6 Å². The SMILES string of the molecule is O=C1OC=C(c2ccc(Cl)c(Cl)c2)C1(O)O. The van der Waals surface area contributed by atoms with Crippen LogP contribution in [0.2, 0.25) is 10.0 Å². The summed E-state index contributed by atoms with van der Waals surface area (Å²) in [4.78, 5) is 11.0. The van der Waals surface area contributed by atoms with Crippen molar-refractivity contribution < 1.29 is 19.7 Å². The standard InChI is InChI=1S/C10H6Cl2O4/c11-7-2-1-5(3-8(7)12)6-4-16-9(13)10(6,14)15/h1-4,14-15H. The number of rotatable bonds is 1. The third kappa shape index (κ3) is 1.70. The van der Waals surface area contributed by atoms with Crippen molar-refractivity contribution in [1.29, 1.82) is 0 Å². The molecule has 84 valence electrons. The van der Waals surface area contributed by atoms with Gasteiger partial charge in [-0.15, -0.1) is 0 Å². The molecule has 4 nitrogen and oxygen atoms in total. The first-order valence-electron chi connectivity index (χ1n) is 4.25. The summed E-state index contributed by atoms with van der Waals surface area (Å²) in [6.07, 6.45) is 0.974. The minimum atomic E-state index is -2.64. The normalized spacial score (nSPS) is 18.2. The van der Waals surface area contributed by atoms with Crippen molar-refractivity contribution >= 4 is 34.7 Å². The second kappa shape index (κ2) is 3.75. The maximum absolute atomic E-state index is 11.0. The lowest BCUT2D eigenvalue weighted by Crippen LogP contribution is -2.36. The molecule has 0 fully saturated rings. The number of cyclic esters (lactones) is 1. The Morgan fingerprint density at radius 1 is 1.19 bits per heavy atom. The van der Waals surface area contributed by atoms with Gasteiger partial charge in [-0.2, -0.15) is 0 Å². The van der Waals surface area contributed by atoms with E-state index in [1.165, 1.54) is 18.2 Å². The van der Waals surface area contributed by atoms with Crippen molar-refractivity contribution in [2.75, 3.05) is 0 Å². The first-order valence-corrected chi connectivity index (χ1v) is 5.00. The van der Waals surface area contributed by atoms with Gasteiger partial charge in [0.25, 0.3) is 5.79 Å². The highest BCUT2D eigenvalue weighted by atomic mass is 35.5. The van der Waals surface area contributed by atoms with Crippen LogP contribution in [0.5, 0.6) is 0 Å².